The van der Waals surface area contributed by atoms with Crippen LogP contribution in [-0.4, -0.2) is 10.5 Å². The number of hydrogen-bond acceptors (Lipinski definition) is 1. The van der Waals surface area contributed by atoms with Crippen molar-refractivity contribution in [2.45, 2.75) is 0 Å². The zero-order valence-corrected chi connectivity index (χ0v) is 10.9. The maximum Gasteiger partial charge on any atom is 0.250 e. The van der Waals surface area contributed by atoms with Crippen LogP contribution in [0.1, 0.15) is 10.4 Å². The summed E-state index contributed by atoms with van der Waals surface area (Å²) in [5.74, 6) is -0.418. The van der Waals surface area contributed by atoms with E-state index < -0.39 is 5.91 Å². The van der Waals surface area contributed by atoms with Gasteiger partial charge >= 0.3 is 0 Å². The first kappa shape index (κ1) is 12.2. The Bertz CT molecular complexity index is 730. The van der Waals surface area contributed by atoms with Crippen molar-refractivity contribution in [2.75, 3.05) is 0 Å². The molecular formula is C17H14N2O. The van der Waals surface area contributed by atoms with E-state index in [-0.39, 0.29) is 0 Å². The number of carbonyl (C=O) groups is 1. The second-order valence-corrected chi connectivity index (χ2v) is 4.51. The number of aromatic nitrogens is 1. The molecule has 0 atom stereocenters. The molecule has 0 bridgehead atoms. The van der Waals surface area contributed by atoms with Crippen LogP contribution in [0.4, 0.5) is 0 Å². The van der Waals surface area contributed by atoms with Crippen molar-refractivity contribution in [1.29, 1.82) is 0 Å². The van der Waals surface area contributed by atoms with Gasteiger partial charge in [0.2, 0.25) is 0 Å². The molecule has 0 aliphatic rings. The van der Waals surface area contributed by atoms with E-state index in [4.69, 9.17) is 5.73 Å². The van der Waals surface area contributed by atoms with Gasteiger partial charge in [0.05, 0.1) is 11.3 Å². The number of nitrogens with zero attached hydrogens (tertiary/aromatic N) is 1. The number of benzene rings is 2. The minimum Gasteiger partial charge on any atom is -0.366 e. The second-order valence-electron chi connectivity index (χ2n) is 4.51. The van der Waals surface area contributed by atoms with Crippen LogP contribution in [-0.2, 0) is 0 Å². The predicted octanol–water partition coefficient (Wildman–Crippen LogP) is 3.24. The molecule has 0 saturated carbocycles. The fourth-order valence-corrected chi connectivity index (χ4v) is 2.33. The third-order valence-electron chi connectivity index (χ3n) is 3.23. The molecule has 0 fully saturated rings. The van der Waals surface area contributed by atoms with E-state index in [1.54, 1.807) is 6.07 Å². The first-order valence-electron chi connectivity index (χ1n) is 6.39. The molecule has 1 amide bonds. The van der Waals surface area contributed by atoms with Gasteiger partial charge in [0.1, 0.15) is 0 Å². The summed E-state index contributed by atoms with van der Waals surface area (Å²) < 4.78 is 1.98. The Kier molecular flexibility index (Phi) is 3.09. The van der Waals surface area contributed by atoms with E-state index in [9.17, 15) is 4.79 Å². The summed E-state index contributed by atoms with van der Waals surface area (Å²) in [6.07, 6.45) is 1.87. The standard InChI is InChI=1S/C17H14N2O/c18-17(20)15-11-12-19(14-9-5-2-6-10-14)16(15)13-7-3-1-4-8-13/h1-12H,(H2,18,20). The molecule has 98 valence electrons. The Balaban J connectivity index is 2.25. The highest BCUT2D eigenvalue weighted by atomic mass is 16.1. The second kappa shape index (κ2) is 5.05. The van der Waals surface area contributed by atoms with Gasteiger partial charge < -0.3 is 10.3 Å². The Morgan fingerprint density at radius 3 is 2.05 bits per heavy atom. The average Bonchev–Trinajstić information content (AvgIpc) is 2.94. The molecule has 3 nitrogen and oxygen atoms in total. The van der Waals surface area contributed by atoms with Crippen molar-refractivity contribution in [3.05, 3.63) is 78.5 Å². The number of primary amides is 1. The Morgan fingerprint density at radius 1 is 0.850 bits per heavy atom. The lowest BCUT2D eigenvalue weighted by molar-refractivity contribution is 0.100. The summed E-state index contributed by atoms with van der Waals surface area (Å²) in [4.78, 5) is 11.6. The molecule has 20 heavy (non-hydrogen) atoms. The van der Waals surface area contributed by atoms with Crippen molar-refractivity contribution < 1.29 is 4.79 Å². The van der Waals surface area contributed by atoms with Crippen LogP contribution in [0, 0.1) is 0 Å². The molecule has 0 unspecified atom stereocenters. The molecule has 3 aromatic rings. The van der Waals surface area contributed by atoms with Gasteiger partial charge in [-0.15, -0.1) is 0 Å². The molecule has 0 aliphatic heterocycles. The monoisotopic (exact) mass is 262 g/mol. The normalized spacial score (nSPS) is 10.4. The summed E-state index contributed by atoms with van der Waals surface area (Å²) >= 11 is 0. The van der Waals surface area contributed by atoms with Gasteiger partial charge in [-0.25, -0.2) is 0 Å². The zero-order valence-electron chi connectivity index (χ0n) is 10.9. The van der Waals surface area contributed by atoms with Gasteiger partial charge in [0.15, 0.2) is 0 Å². The Morgan fingerprint density at radius 2 is 1.45 bits per heavy atom. The molecular weight excluding hydrogens is 248 g/mol. The largest absolute Gasteiger partial charge is 0.366 e. The summed E-state index contributed by atoms with van der Waals surface area (Å²) in [5.41, 5.74) is 8.81. The van der Waals surface area contributed by atoms with Crippen LogP contribution in [0.15, 0.2) is 72.9 Å². The molecule has 3 heteroatoms. The molecule has 2 aromatic carbocycles. The van der Waals surface area contributed by atoms with E-state index in [1.807, 2.05) is 71.4 Å². The summed E-state index contributed by atoms with van der Waals surface area (Å²) in [6.45, 7) is 0. The topological polar surface area (TPSA) is 48.0 Å². The van der Waals surface area contributed by atoms with Gasteiger partial charge in [0.25, 0.3) is 5.91 Å². The molecule has 0 radical (unpaired) electrons. The fraction of sp³-hybridized carbons (Fsp3) is 0. The van der Waals surface area contributed by atoms with Gasteiger partial charge in [0, 0.05) is 11.9 Å². The van der Waals surface area contributed by atoms with Crippen molar-refractivity contribution in [3.8, 4) is 16.9 Å². The average molecular weight is 262 g/mol. The van der Waals surface area contributed by atoms with Crippen molar-refractivity contribution in [2.24, 2.45) is 5.73 Å². The number of amides is 1. The molecule has 2 N–H and O–H groups in total. The van der Waals surface area contributed by atoms with E-state index in [0.29, 0.717) is 5.56 Å². The maximum atomic E-state index is 11.6. The first-order valence-corrected chi connectivity index (χ1v) is 6.39. The molecule has 0 spiro atoms. The third-order valence-corrected chi connectivity index (χ3v) is 3.23. The number of nitrogens with two attached hydrogens (primary N) is 1. The zero-order chi connectivity index (χ0) is 13.9. The quantitative estimate of drug-likeness (QED) is 0.774. The molecule has 3 rings (SSSR count). The van der Waals surface area contributed by atoms with Gasteiger partial charge in [-0.1, -0.05) is 48.5 Å². The van der Waals surface area contributed by atoms with Crippen molar-refractivity contribution in [1.82, 2.24) is 4.57 Å². The smallest absolute Gasteiger partial charge is 0.250 e. The minimum atomic E-state index is -0.418. The van der Waals surface area contributed by atoms with Crippen LogP contribution in [0.25, 0.3) is 16.9 Å². The van der Waals surface area contributed by atoms with Crippen molar-refractivity contribution in [3.63, 3.8) is 0 Å². The molecule has 0 saturated heterocycles. The van der Waals surface area contributed by atoms with E-state index >= 15 is 0 Å². The number of para-hydroxylation sites is 1. The first-order chi connectivity index (χ1) is 9.77. The van der Waals surface area contributed by atoms with E-state index in [1.165, 1.54) is 0 Å². The molecule has 1 aromatic heterocycles. The SMILES string of the molecule is NC(=O)c1ccn(-c2ccccc2)c1-c1ccccc1. The Labute approximate surface area is 117 Å². The maximum absolute atomic E-state index is 11.6. The van der Waals surface area contributed by atoms with E-state index in [0.717, 1.165) is 16.9 Å². The summed E-state index contributed by atoms with van der Waals surface area (Å²) in [6, 6.07) is 21.4. The Hall–Kier alpha value is -2.81. The van der Waals surface area contributed by atoms with Crippen molar-refractivity contribution >= 4 is 5.91 Å². The van der Waals surface area contributed by atoms with Crippen LogP contribution < -0.4 is 5.73 Å². The van der Waals surface area contributed by atoms with Crippen LogP contribution in [0.3, 0.4) is 0 Å². The number of carbonyl (C=O) groups excluding carboxylic acids is 1. The van der Waals surface area contributed by atoms with Crippen LogP contribution in [0.5, 0.6) is 0 Å². The predicted molar refractivity (Wildman–Crippen MR) is 79.7 cm³/mol. The van der Waals surface area contributed by atoms with Crippen LogP contribution >= 0.6 is 0 Å². The highest BCUT2D eigenvalue weighted by Gasteiger charge is 2.15. The highest BCUT2D eigenvalue weighted by molar-refractivity contribution is 5.99. The highest BCUT2D eigenvalue weighted by Crippen LogP contribution is 2.27. The van der Waals surface area contributed by atoms with E-state index in [2.05, 4.69) is 0 Å². The summed E-state index contributed by atoms with van der Waals surface area (Å²) in [5, 5.41) is 0. The van der Waals surface area contributed by atoms with Gasteiger partial charge in [-0.05, 0) is 23.8 Å². The van der Waals surface area contributed by atoms with Crippen LogP contribution in [0.2, 0.25) is 0 Å². The fourth-order valence-electron chi connectivity index (χ4n) is 2.33. The third kappa shape index (κ3) is 2.10. The lowest BCUT2D eigenvalue weighted by atomic mass is 10.1. The number of rotatable bonds is 3. The summed E-state index contributed by atoms with van der Waals surface area (Å²) in [7, 11) is 0. The molecule has 0 aliphatic carbocycles. The minimum absolute atomic E-state index is 0.418. The van der Waals surface area contributed by atoms with Gasteiger partial charge in [-0.3, -0.25) is 4.79 Å². The number of hydrogen-bond donors (Lipinski definition) is 1. The van der Waals surface area contributed by atoms with Gasteiger partial charge in [-0.2, -0.15) is 0 Å². The molecule has 1 heterocycles. The lowest BCUT2D eigenvalue weighted by Gasteiger charge is -2.11. The lowest BCUT2D eigenvalue weighted by Crippen LogP contribution is -2.12.